The summed E-state index contributed by atoms with van der Waals surface area (Å²) in [5, 5.41) is 6.36. The molecule has 6 rings (SSSR count). The van der Waals surface area contributed by atoms with Gasteiger partial charge in [-0.25, -0.2) is 9.37 Å². The van der Waals surface area contributed by atoms with E-state index in [1.54, 1.807) is 42.2 Å². The zero-order valence-electron chi connectivity index (χ0n) is 17.6. The van der Waals surface area contributed by atoms with Gasteiger partial charge in [0.2, 0.25) is 0 Å². The number of carbonyl (C=O) groups is 1. The van der Waals surface area contributed by atoms with Crippen LogP contribution in [0.2, 0.25) is 0 Å². The third kappa shape index (κ3) is 3.00. The van der Waals surface area contributed by atoms with Gasteiger partial charge in [-0.3, -0.25) is 14.8 Å². The molecule has 2 saturated heterocycles. The lowest BCUT2D eigenvalue weighted by atomic mass is 9.87. The average Bonchev–Trinajstić information content (AvgIpc) is 3.37. The Hall–Kier alpha value is -3.59. The van der Waals surface area contributed by atoms with Crippen molar-refractivity contribution >= 4 is 34.0 Å². The zero-order chi connectivity index (χ0) is 21.9. The normalized spacial score (nSPS) is 20.2. The number of halogens is 1. The molecule has 1 spiro atoms. The molecular formula is C23H22FN7O. The summed E-state index contributed by atoms with van der Waals surface area (Å²) < 4.78 is 16.0. The summed E-state index contributed by atoms with van der Waals surface area (Å²) in [6.07, 6.45) is 8.87. The minimum absolute atomic E-state index is 0.207. The van der Waals surface area contributed by atoms with Crippen LogP contribution >= 0.6 is 0 Å². The number of nitrogens with zero attached hydrogens (tertiary/aromatic N) is 5. The lowest BCUT2D eigenvalue weighted by molar-refractivity contribution is 0.102. The van der Waals surface area contributed by atoms with Crippen LogP contribution in [0, 0.1) is 12.7 Å². The molecule has 162 valence electrons. The molecule has 0 aliphatic carbocycles. The van der Waals surface area contributed by atoms with E-state index in [2.05, 4.69) is 30.5 Å². The Morgan fingerprint density at radius 1 is 1.19 bits per heavy atom. The van der Waals surface area contributed by atoms with Crippen molar-refractivity contribution in [2.75, 3.05) is 29.9 Å². The van der Waals surface area contributed by atoms with Crippen molar-refractivity contribution in [3.05, 3.63) is 60.1 Å². The molecule has 4 aromatic rings. The SMILES string of the molecule is Cc1cn2cc(NC(=O)c3ccc(N4CCC5(CCN5)C4)c4nccnc34)cc(F)c2n1. The van der Waals surface area contributed by atoms with E-state index < -0.39 is 5.82 Å². The second-order valence-corrected chi connectivity index (χ2v) is 8.66. The van der Waals surface area contributed by atoms with Gasteiger partial charge in [-0.1, -0.05) is 0 Å². The number of hydrogen-bond acceptors (Lipinski definition) is 6. The van der Waals surface area contributed by atoms with Crippen LogP contribution in [0.15, 0.2) is 43.0 Å². The highest BCUT2D eigenvalue weighted by atomic mass is 19.1. The highest BCUT2D eigenvalue weighted by Gasteiger charge is 2.43. The van der Waals surface area contributed by atoms with Gasteiger partial charge < -0.3 is 19.9 Å². The lowest BCUT2D eigenvalue weighted by Crippen LogP contribution is -2.58. The van der Waals surface area contributed by atoms with Crippen molar-refractivity contribution in [3.63, 3.8) is 0 Å². The standard InChI is InChI=1S/C23H22FN7O/c1-14-11-31-12-15(10-17(24)21(31)28-14)29-22(32)16-2-3-18(20-19(16)25-7-8-26-20)30-9-5-23(13-30)4-6-27-23/h2-3,7-8,10-12,27H,4-6,9,13H2,1H3,(H,29,32). The number of anilines is 2. The molecule has 0 bridgehead atoms. The minimum Gasteiger partial charge on any atom is -0.368 e. The van der Waals surface area contributed by atoms with E-state index in [9.17, 15) is 9.18 Å². The van der Waals surface area contributed by atoms with E-state index >= 15 is 0 Å². The number of hydrogen-bond donors (Lipinski definition) is 2. The van der Waals surface area contributed by atoms with E-state index in [0.717, 1.165) is 31.7 Å². The summed E-state index contributed by atoms with van der Waals surface area (Å²) in [5.41, 5.74) is 4.09. The molecule has 1 aromatic carbocycles. The molecule has 5 heterocycles. The van der Waals surface area contributed by atoms with Crippen LogP contribution in [0.4, 0.5) is 15.8 Å². The summed E-state index contributed by atoms with van der Waals surface area (Å²) in [6, 6.07) is 4.99. The van der Waals surface area contributed by atoms with Crippen molar-refractivity contribution in [2.45, 2.75) is 25.3 Å². The Morgan fingerprint density at radius 3 is 2.75 bits per heavy atom. The van der Waals surface area contributed by atoms with Gasteiger partial charge in [-0.15, -0.1) is 0 Å². The Bertz CT molecular complexity index is 1380. The maximum Gasteiger partial charge on any atom is 0.257 e. The summed E-state index contributed by atoms with van der Waals surface area (Å²) in [6.45, 7) is 4.72. The molecule has 0 saturated carbocycles. The monoisotopic (exact) mass is 431 g/mol. The molecule has 1 amide bonds. The van der Waals surface area contributed by atoms with Crippen molar-refractivity contribution in [1.82, 2.24) is 24.7 Å². The number of fused-ring (bicyclic) bond motifs is 2. The molecule has 2 fully saturated rings. The third-order valence-corrected chi connectivity index (χ3v) is 6.53. The molecule has 0 radical (unpaired) electrons. The van der Waals surface area contributed by atoms with Crippen molar-refractivity contribution < 1.29 is 9.18 Å². The van der Waals surface area contributed by atoms with Crippen LogP contribution in [0.5, 0.6) is 0 Å². The molecule has 2 N–H and O–H groups in total. The van der Waals surface area contributed by atoms with Crippen LogP contribution in [0.1, 0.15) is 28.9 Å². The minimum atomic E-state index is -0.497. The number of amides is 1. The second kappa shape index (κ2) is 6.96. The van der Waals surface area contributed by atoms with Gasteiger partial charge in [-0.05, 0) is 38.4 Å². The quantitative estimate of drug-likeness (QED) is 0.519. The first-order valence-electron chi connectivity index (χ1n) is 10.7. The van der Waals surface area contributed by atoms with E-state index in [1.165, 1.54) is 12.5 Å². The fraction of sp³-hybridized carbons (Fsp3) is 0.304. The van der Waals surface area contributed by atoms with E-state index in [0.29, 0.717) is 28.0 Å². The van der Waals surface area contributed by atoms with Gasteiger partial charge in [0.05, 0.1) is 22.6 Å². The Balaban J connectivity index is 1.34. The van der Waals surface area contributed by atoms with Crippen LogP contribution in [0.3, 0.4) is 0 Å². The fourth-order valence-corrected chi connectivity index (χ4v) is 4.83. The number of benzene rings is 1. The molecular weight excluding hydrogens is 409 g/mol. The number of rotatable bonds is 3. The van der Waals surface area contributed by atoms with Gasteiger partial charge in [0.1, 0.15) is 11.0 Å². The van der Waals surface area contributed by atoms with E-state index in [1.807, 2.05) is 6.07 Å². The molecule has 8 nitrogen and oxygen atoms in total. The van der Waals surface area contributed by atoms with Crippen LogP contribution in [-0.4, -0.2) is 50.4 Å². The van der Waals surface area contributed by atoms with E-state index in [-0.39, 0.29) is 17.1 Å². The topological polar surface area (TPSA) is 87.5 Å². The summed E-state index contributed by atoms with van der Waals surface area (Å²) >= 11 is 0. The summed E-state index contributed by atoms with van der Waals surface area (Å²) in [7, 11) is 0. The first-order valence-corrected chi connectivity index (χ1v) is 10.7. The van der Waals surface area contributed by atoms with Gasteiger partial charge >= 0.3 is 0 Å². The maximum atomic E-state index is 14.4. The second-order valence-electron chi connectivity index (χ2n) is 8.66. The van der Waals surface area contributed by atoms with Gasteiger partial charge in [0.15, 0.2) is 11.5 Å². The van der Waals surface area contributed by atoms with Crippen LogP contribution in [-0.2, 0) is 0 Å². The number of aryl methyl sites for hydroxylation is 1. The number of imidazole rings is 1. The first-order chi connectivity index (χ1) is 15.5. The first kappa shape index (κ1) is 19.1. The molecule has 1 unspecified atom stereocenters. The molecule has 2 aliphatic heterocycles. The van der Waals surface area contributed by atoms with Crippen LogP contribution in [0.25, 0.3) is 16.7 Å². The van der Waals surface area contributed by atoms with Crippen molar-refractivity contribution in [1.29, 1.82) is 0 Å². The highest BCUT2D eigenvalue weighted by molar-refractivity contribution is 6.13. The van der Waals surface area contributed by atoms with Gasteiger partial charge in [0, 0.05) is 49.5 Å². The van der Waals surface area contributed by atoms with Crippen molar-refractivity contribution in [3.8, 4) is 0 Å². The molecule has 32 heavy (non-hydrogen) atoms. The zero-order valence-corrected chi connectivity index (χ0v) is 17.6. The summed E-state index contributed by atoms with van der Waals surface area (Å²) in [5.74, 6) is -0.861. The molecule has 1 atom stereocenters. The Morgan fingerprint density at radius 2 is 2.00 bits per heavy atom. The number of carbonyl (C=O) groups excluding carboxylic acids is 1. The largest absolute Gasteiger partial charge is 0.368 e. The van der Waals surface area contributed by atoms with Crippen LogP contribution < -0.4 is 15.5 Å². The average molecular weight is 431 g/mol. The lowest BCUT2D eigenvalue weighted by Gasteiger charge is -2.40. The summed E-state index contributed by atoms with van der Waals surface area (Å²) in [4.78, 5) is 28.6. The maximum absolute atomic E-state index is 14.4. The Kier molecular flexibility index (Phi) is 4.16. The molecule has 2 aliphatic rings. The fourth-order valence-electron chi connectivity index (χ4n) is 4.83. The third-order valence-electron chi connectivity index (χ3n) is 6.53. The van der Waals surface area contributed by atoms with Crippen molar-refractivity contribution in [2.24, 2.45) is 0 Å². The Labute approximate surface area is 183 Å². The number of nitrogens with one attached hydrogen (secondary N) is 2. The molecule has 3 aromatic heterocycles. The predicted molar refractivity (Wildman–Crippen MR) is 120 cm³/mol. The van der Waals surface area contributed by atoms with Gasteiger partial charge in [0.25, 0.3) is 5.91 Å². The predicted octanol–water partition coefficient (Wildman–Crippen LogP) is 2.92. The molecule has 9 heteroatoms. The smallest absolute Gasteiger partial charge is 0.257 e. The van der Waals surface area contributed by atoms with Gasteiger partial charge in [-0.2, -0.15) is 0 Å². The number of aromatic nitrogens is 4. The highest BCUT2D eigenvalue weighted by Crippen LogP contribution is 2.36. The number of pyridine rings is 1. The van der Waals surface area contributed by atoms with E-state index in [4.69, 9.17) is 0 Å².